The fraction of sp³-hybridized carbons (Fsp3) is 0.250. The van der Waals surface area contributed by atoms with Gasteiger partial charge in [-0.1, -0.05) is 17.7 Å². The Hall–Kier alpha value is -1.57. The molecule has 1 aliphatic carbocycles. The van der Waals surface area contributed by atoms with E-state index in [1.165, 1.54) is 11.1 Å². The van der Waals surface area contributed by atoms with Crippen molar-refractivity contribution in [3.63, 3.8) is 0 Å². The van der Waals surface area contributed by atoms with Gasteiger partial charge in [-0.2, -0.15) is 0 Å². The zero-order valence-electron chi connectivity index (χ0n) is 8.33. The quantitative estimate of drug-likeness (QED) is 0.732. The van der Waals surface area contributed by atoms with Crippen molar-refractivity contribution < 1.29 is 0 Å². The van der Waals surface area contributed by atoms with Gasteiger partial charge in [0, 0.05) is 6.20 Å². The number of hydrogen-bond donors (Lipinski definition) is 1. The Morgan fingerprint density at radius 2 is 2.14 bits per heavy atom. The molecular weight excluding hydrogens is 172 g/mol. The van der Waals surface area contributed by atoms with E-state index in [2.05, 4.69) is 24.1 Å². The first kappa shape index (κ1) is 9.00. The number of rotatable bonds is 1. The molecule has 2 N–H and O–H groups in total. The lowest BCUT2D eigenvalue weighted by atomic mass is 9.96. The molecule has 0 aliphatic heterocycles. The van der Waals surface area contributed by atoms with Crippen molar-refractivity contribution in [3.05, 3.63) is 41.7 Å². The first-order chi connectivity index (χ1) is 6.77. The lowest BCUT2D eigenvalue weighted by Gasteiger charge is -2.12. The minimum atomic E-state index is 0.770. The van der Waals surface area contributed by atoms with E-state index in [1.54, 1.807) is 6.20 Å². The third-order valence-electron chi connectivity index (χ3n) is 2.50. The van der Waals surface area contributed by atoms with E-state index < -0.39 is 0 Å². The Morgan fingerprint density at radius 3 is 2.79 bits per heavy atom. The van der Waals surface area contributed by atoms with Gasteiger partial charge in [0.05, 0.1) is 11.4 Å². The first-order valence-corrected chi connectivity index (χ1v) is 4.84. The molecule has 2 rings (SSSR count). The van der Waals surface area contributed by atoms with Crippen molar-refractivity contribution in [1.29, 1.82) is 0 Å². The molecule has 2 nitrogen and oxygen atoms in total. The van der Waals surface area contributed by atoms with Gasteiger partial charge in [0.1, 0.15) is 0 Å². The van der Waals surface area contributed by atoms with Crippen molar-refractivity contribution in [2.75, 3.05) is 5.73 Å². The molecule has 0 saturated carbocycles. The van der Waals surface area contributed by atoms with Gasteiger partial charge < -0.3 is 5.73 Å². The van der Waals surface area contributed by atoms with Crippen LogP contribution in [0.15, 0.2) is 36.1 Å². The Labute approximate surface area is 84.2 Å². The van der Waals surface area contributed by atoms with Crippen molar-refractivity contribution in [2.45, 2.75) is 19.8 Å². The van der Waals surface area contributed by atoms with Crippen LogP contribution in [0.2, 0.25) is 0 Å². The highest BCUT2D eigenvalue weighted by atomic mass is 14.7. The molecule has 1 aliphatic rings. The molecule has 14 heavy (non-hydrogen) atoms. The van der Waals surface area contributed by atoms with Gasteiger partial charge in [-0.05, 0) is 37.5 Å². The van der Waals surface area contributed by atoms with Crippen LogP contribution in [0.25, 0.3) is 5.57 Å². The van der Waals surface area contributed by atoms with Crippen LogP contribution in [0.5, 0.6) is 0 Å². The van der Waals surface area contributed by atoms with Crippen LogP contribution in [-0.2, 0) is 0 Å². The summed E-state index contributed by atoms with van der Waals surface area (Å²) in [5.74, 6) is 0. The molecule has 0 spiro atoms. The van der Waals surface area contributed by atoms with E-state index in [9.17, 15) is 0 Å². The van der Waals surface area contributed by atoms with Crippen LogP contribution in [-0.4, -0.2) is 4.98 Å². The van der Waals surface area contributed by atoms with Gasteiger partial charge in [0.15, 0.2) is 0 Å². The van der Waals surface area contributed by atoms with Crippen LogP contribution in [0.4, 0.5) is 5.69 Å². The van der Waals surface area contributed by atoms with Gasteiger partial charge >= 0.3 is 0 Å². The average molecular weight is 186 g/mol. The summed E-state index contributed by atoms with van der Waals surface area (Å²) < 4.78 is 0. The smallest absolute Gasteiger partial charge is 0.0890 e. The van der Waals surface area contributed by atoms with Crippen LogP contribution < -0.4 is 5.73 Å². The predicted molar refractivity (Wildman–Crippen MR) is 59.6 cm³/mol. The Kier molecular flexibility index (Phi) is 2.35. The summed E-state index contributed by atoms with van der Waals surface area (Å²) in [5.41, 5.74) is 10.2. The van der Waals surface area contributed by atoms with Crippen molar-refractivity contribution in [1.82, 2.24) is 4.98 Å². The number of nitrogen functional groups attached to an aromatic ring is 1. The summed E-state index contributed by atoms with van der Waals surface area (Å²) in [7, 11) is 0. The molecule has 0 atom stereocenters. The lowest BCUT2D eigenvalue weighted by Crippen LogP contribution is -1.99. The maximum Gasteiger partial charge on any atom is 0.0890 e. The molecule has 2 heteroatoms. The molecule has 0 amide bonds. The number of hydrogen-bond acceptors (Lipinski definition) is 2. The highest BCUT2D eigenvalue weighted by Gasteiger charge is 2.09. The Bertz CT molecular complexity index is 403. The molecule has 0 bridgehead atoms. The highest BCUT2D eigenvalue weighted by Crippen LogP contribution is 2.27. The maximum absolute atomic E-state index is 5.86. The van der Waals surface area contributed by atoms with E-state index in [4.69, 9.17) is 5.73 Å². The monoisotopic (exact) mass is 186 g/mol. The number of aromatic nitrogens is 1. The summed E-state index contributed by atoms with van der Waals surface area (Å²) in [6.07, 6.45) is 8.22. The van der Waals surface area contributed by atoms with Crippen LogP contribution in [0, 0.1) is 0 Å². The molecule has 72 valence electrons. The van der Waals surface area contributed by atoms with E-state index in [1.807, 2.05) is 12.1 Å². The molecule has 1 aromatic heterocycles. The van der Waals surface area contributed by atoms with Gasteiger partial charge in [0.2, 0.25) is 0 Å². The topological polar surface area (TPSA) is 38.9 Å². The zero-order chi connectivity index (χ0) is 9.97. The number of nitrogens with two attached hydrogens (primary N) is 1. The number of allylic oxidation sites excluding steroid dienone is 4. The fourth-order valence-corrected chi connectivity index (χ4v) is 1.62. The second kappa shape index (κ2) is 3.66. The second-order valence-corrected chi connectivity index (χ2v) is 3.65. The van der Waals surface area contributed by atoms with Crippen molar-refractivity contribution >= 4 is 11.3 Å². The standard InChI is InChI=1S/C12H14N2/c1-9-4-6-10(7-5-9)12-11(13)3-2-8-14-12/h2-4,6,8H,5,7,13H2,1H3. The molecule has 1 heterocycles. The zero-order valence-corrected chi connectivity index (χ0v) is 8.33. The van der Waals surface area contributed by atoms with Crippen molar-refractivity contribution in [2.24, 2.45) is 0 Å². The van der Waals surface area contributed by atoms with E-state index in [0.717, 1.165) is 24.2 Å². The van der Waals surface area contributed by atoms with Gasteiger partial charge in [0.25, 0.3) is 0 Å². The first-order valence-electron chi connectivity index (χ1n) is 4.84. The second-order valence-electron chi connectivity index (χ2n) is 3.65. The molecule has 0 fully saturated rings. The predicted octanol–water partition coefficient (Wildman–Crippen LogP) is 2.79. The summed E-state index contributed by atoms with van der Waals surface area (Å²) in [6, 6.07) is 3.76. The normalized spacial score (nSPS) is 16.1. The van der Waals surface area contributed by atoms with Gasteiger partial charge in [-0.25, -0.2) is 0 Å². The third-order valence-corrected chi connectivity index (χ3v) is 2.50. The van der Waals surface area contributed by atoms with Crippen LogP contribution in [0.1, 0.15) is 25.5 Å². The number of pyridine rings is 1. The highest BCUT2D eigenvalue weighted by molar-refractivity contribution is 5.74. The Balaban J connectivity index is 2.37. The molecule has 0 unspecified atom stereocenters. The van der Waals surface area contributed by atoms with Crippen molar-refractivity contribution in [3.8, 4) is 0 Å². The van der Waals surface area contributed by atoms with E-state index >= 15 is 0 Å². The summed E-state index contributed by atoms with van der Waals surface area (Å²) in [4.78, 5) is 4.30. The summed E-state index contributed by atoms with van der Waals surface area (Å²) in [6.45, 7) is 2.15. The molecule has 0 saturated heterocycles. The maximum atomic E-state index is 5.86. The van der Waals surface area contributed by atoms with Crippen LogP contribution >= 0.6 is 0 Å². The molecule has 0 radical (unpaired) electrons. The minimum Gasteiger partial charge on any atom is -0.397 e. The third kappa shape index (κ3) is 1.69. The van der Waals surface area contributed by atoms with E-state index in [-0.39, 0.29) is 0 Å². The van der Waals surface area contributed by atoms with E-state index in [0.29, 0.717) is 0 Å². The number of anilines is 1. The largest absolute Gasteiger partial charge is 0.397 e. The minimum absolute atomic E-state index is 0.770. The number of nitrogens with zero attached hydrogens (tertiary/aromatic N) is 1. The molecule has 0 aromatic carbocycles. The SMILES string of the molecule is CC1=CC=C(c2ncccc2N)CC1. The Morgan fingerprint density at radius 1 is 1.29 bits per heavy atom. The lowest BCUT2D eigenvalue weighted by molar-refractivity contribution is 0.969. The van der Waals surface area contributed by atoms with Crippen LogP contribution in [0.3, 0.4) is 0 Å². The summed E-state index contributed by atoms with van der Waals surface area (Å²) in [5, 5.41) is 0. The summed E-state index contributed by atoms with van der Waals surface area (Å²) >= 11 is 0. The fourth-order valence-electron chi connectivity index (χ4n) is 1.62. The average Bonchev–Trinajstić information content (AvgIpc) is 2.20. The molecular formula is C12H14N2. The molecule has 1 aromatic rings. The van der Waals surface area contributed by atoms with Gasteiger partial charge in [-0.3, -0.25) is 4.98 Å². The van der Waals surface area contributed by atoms with Gasteiger partial charge in [-0.15, -0.1) is 0 Å².